The second-order valence-corrected chi connectivity index (χ2v) is 5.94. The van der Waals surface area contributed by atoms with Crippen molar-refractivity contribution < 1.29 is 9.90 Å². The van der Waals surface area contributed by atoms with E-state index in [0.717, 1.165) is 16.7 Å². The summed E-state index contributed by atoms with van der Waals surface area (Å²) in [7, 11) is 0. The number of aryl methyl sites for hydroxylation is 2. The van der Waals surface area contributed by atoms with Gasteiger partial charge in [-0.25, -0.2) is 4.98 Å². The number of benzene rings is 1. The summed E-state index contributed by atoms with van der Waals surface area (Å²) in [4.78, 5) is 28.2. The van der Waals surface area contributed by atoms with E-state index in [1.807, 2.05) is 36.6 Å². The Bertz CT molecular complexity index is 894. The van der Waals surface area contributed by atoms with Gasteiger partial charge in [-0.05, 0) is 12.5 Å². The van der Waals surface area contributed by atoms with Gasteiger partial charge < -0.3 is 5.11 Å². The van der Waals surface area contributed by atoms with Gasteiger partial charge in [0, 0.05) is 17.5 Å². The van der Waals surface area contributed by atoms with Crippen LogP contribution in [0.25, 0.3) is 21.3 Å². The summed E-state index contributed by atoms with van der Waals surface area (Å²) in [6.45, 7) is 2.14. The van der Waals surface area contributed by atoms with E-state index in [4.69, 9.17) is 5.11 Å². The summed E-state index contributed by atoms with van der Waals surface area (Å²) >= 11 is 1.42. The Labute approximate surface area is 130 Å². The van der Waals surface area contributed by atoms with Gasteiger partial charge in [-0.1, -0.05) is 29.8 Å². The molecule has 0 amide bonds. The molecule has 0 aliphatic heterocycles. The minimum atomic E-state index is -0.934. The van der Waals surface area contributed by atoms with Crippen molar-refractivity contribution in [3.63, 3.8) is 0 Å². The number of nitrogens with zero attached hydrogens (tertiary/aromatic N) is 2. The van der Waals surface area contributed by atoms with Crippen molar-refractivity contribution in [3.05, 3.63) is 51.9 Å². The summed E-state index contributed by atoms with van der Waals surface area (Å²) in [6.07, 6.45) is 1.32. The molecule has 112 valence electrons. The maximum atomic E-state index is 12.6. The number of aromatic nitrogens is 2. The molecule has 22 heavy (non-hydrogen) atoms. The van der Waals surface area contributed by atoms with Gasteiger partial charge in [-0.3, -0.25) is 14.2 Å². The van der Waals surface area contributed by atoms with Crippen molar-refractivity contribution in [2.24, 2.45) is 0 Å². The molecular formula is C16H14N2O3S. The molecule has 0 saturated heterocycles. The van der Waals surface area contributed by atoms with Gasteiger partial charge in [-0.2, -0.15) is 0 Å². The van der Waals surface area contributed by atoms with E-state index < -0.39 is 5.97 Å². The zero-order chi connectivity index (χ0) is 15.7. The van der Waals surface area contributed by atoms with Crippen LogP contribution in [0.1, 0.15) is 12.0 Å². The molecule has 0 unspecified atom stereocenters. The third kappa shape index (κ3) is 2.65. The normalized spacial score (nSPS) is 11.0. The minimum Gasteiger partial charge on any atom is -0.481 e. The molecule has 6 heteroatoms. The van der Waals surface area contributed by atoms with Crippen molar-refractivity contribution in [2.45, 2.75) is 19.9 Å². The molecule has 5 nitrogen and oxygen atoms in total. The van der Waals surface area contributed by atoms with E-state index in [-0.39, 0.29) is 18.5 Å². The van der Waals surface area contributed by atoms with Crippen LogP contribution in [0.4, 0.5) is 0 Å². The molecule has 1 N–H and O–H groups in total. The van der Waals surface area contributed by atoms with Gasteiger partial charge in [0.2, 0.25) is 0 Å². The zero-order valence-electron chi connectivity index (χ0n) is 11.9. The van der Waals surface area contributed by atoms with Crippen LogP contribution in [-0.4, -0.2) is 20.6 Å². The fourth-order valence-electron chi connectivity index (χ4n) is 2.29. The first-order valence-electron chi connectivity index (χ1n) is 6.82. The largest absolute Gasteiger partial charge is 0.481 e. The molecule has 0 bridgehead atoms. The van der Waals surface area contributed by atoms with E-state index in [2.05, 4.69) is 4.98 Å². The van der Waals surface area contributed by atoms with Gasteiger partial charge in [0.25, 0.3) is 5.56 Å². The van der Waals surface area contributed by atoms with Gasteiger partial charge in [0.15, 0.2) is 0 Å². The minimum absolute atomic E-state index is 0.100. The van der Waals surface area contributed by atoms with Crippen molar-refractivity contribution in [2.75, 3.05) is 0 Å². The summed E-state index contributed by atoms with van der Waals surface area (Å²) in [5.74, 6) is -0.934. The summed E-state index contributed by atoms with van der Waals surface area (Å²) in [5, 5.41) is 11.2. The molecule has 0 saturated carbocycles. The van der Waals surface area contributed by atoms with E-state index in [9.17, 15) is 9.59 Å². The lowest BCUT2D eigenvalue weighted by Gasteiger charge is -2.04. The van der Waals surface area contributed by atoms with Gasteiger partial charge >= 0.3 is 5.97 Å². The number of carbonyl (C=O) groups is 1. The number of hydrogen-bond acceptors (Lipinski definition) is 4. The van der Waals surface area contributed by atoms with Crippen LogP contribution in [-0.2, 0) is 11.3 Å². The van der Waals surface area contributed by atoms with E-state index in [1.54, 1.807) is 0 Å². The number of fused-ring (bicyclic) bond motifs is 1. The molecule has 2 aromatic heterocycles. The smallest absolute Gasteiger partial charge is 0.305 e. The molecule has 2 heterocycles. The number of hydrogen-bond donors (Lipinski definition) is 1. The third-order valence-corrected chi connectivity index (χ3v) is 4.38. The molecule has 0 aliphatic carbocycles. The Kier molecular flexibility index (Phi) is 3.77. The summed E-state index contributed by atoms with van der Waals surface area (Å²) in [5.41, 5.74) is 2.78. The average Bonchev–Trinajstić information content (AvgIpc) is 2.92. The maximum absolute atomic E-state index is 12.6. The number of thiophene rings is 1. The van der Waals surface area contributed by atoms with Crippen molar-refractivity contribution in [1.82, 2.24) is 9.55 Å². The second kappa shape index (κ2) is 5.73. The Morgan fingerprint density at radius 3 is 2.73 bits per heavy atom. The van der Waals surface area contributed by atoms with E-state index >= 15 is 0 Å². The number of rotatable bonds is 4. The number of carboxylic acid groups (broad SMARTS) is 1. The molecule has 0 fully saturated rings. The van der Waals surface area contributed by atoms with Crippen LogP contribution in [0.15, 0.2) is 40.8 Å². The SMILES string of the molecule is Cc1ccc(-c2csc3ncn(CCC(=O)O)c(=O)c23)cc1. The van der Waals surface area contributed by atoms with Crippen LogP contribution in [0.3, 0.4) is 0 Å². The lowest BCUT2D eigenvalue weighted by molar-refractivity contribution is -0.137. The van der Waals surface area contributed by atoms with Crippen LogP contribution in [0.2, 0.25) is 0 Å². The first-order chi connectivity index (χ1) is 10.6. The number of carboxylic acids is 1. The quantitative estimate of drug-likeness (QED) is 0.803. The highest BCUT2D eigenvalue weighted by molar-refractivity contribution is 7.17. The molecule has 0 radical (unpaired) electrons. The first kappa shape index (κ1) is 14.5. The summed E-state index contributed by atoms with van der Waals surface area (Å²) in [6, 6.07) is 7.95. The second-order valence-electron chi connectivity index (χ2n) is 5.08. The topological polar surface area (TPSA) is 72.2 Å². The highest BCUT2D eigenvalue weighted by Gasteiger charge is 2.13. The van der Waals surface area contributed by atoms with Crippen LogP contribution >= 0.6 is 11.3 Å². The molecule has 0 spiro atoms. The lowest BCUT2D eigenvalue weighted by atomic mass is 10.1. The van der Waals surface area contributed by atoms with Crippen LogP contribution in [0, 0.1) is 6.92 Å². The molecule has 3 aromatic rings. The zero-order valence-corrected chi connectivity index (χ0v) is 12.8. The van der Waals surface area contributed by atoms with E-state index in [0.29, 0.717) is 10.2 Å². The van der Waals surface area contributed by atoms with Gasteiger partial charge in [0.1, 0.15) is 4.83 Å². The standard InChI is InChI=1S/C16H14N2O3S/c1-10-2-4-11(5-3-10)12-8-22-15-14(12)16(21)18(9-17-15)7-6-13(19)20/h2-5,8-9H,6-7H2,1H3,(H,19,20). The van der Waals surface area contributed by atoms with Gasteiger partial charge in [-0.15, -0.1) is 11.3 Å². The Hall–Kier alpha value is -2.47. The Morgan fingerprint density at radius 1 is 1.32 bits per heavy atom. The first-order valence-corrected chi connectivity index (χ1v) is 7.69. The molecule has 1 aromatic carbocycles. The van der Waals surface area contributed by atoms with Gasteiger partial charge in [0.05, 0.1) is 18.1 Å². The monoisotopic (exact) mass is 314 g/mol. The van der Waals surface area contributed by atoms with Crippen LogP contribution < -0.4 is 5.56 Å². The fraction of sp³-hybridized carbons (Fsp3) is 0.188. The van der Waals surface area contributed by atoms with Crippen molar-refractivity contribution in [3.8, 4) is 11.1 Å². The van der Waals surface area contributed by atoms with Crippen LogP contribution in [0.5, 0.6) is 0 Å². The lowest BCUT2D eigenvalue weighted by Crippen LogP contribution is -2.21. The molecule has 3 rings (SSSR count). The van der Waals surface area contributed by atoms with Crippen molar-refractivity contribution >= 4 is 27.5 Å². The maximum Gasteiger partial charge on any atom is 0.305 e. The van der Waals surface area contributed by atoms with Crippen molar-refractivity contribution in [1.29, 1.82) is 0 Å². The van der Waals surface area contributed by atoms with E-state index in [1.165, 1.54) is 22.2 Å². The average molecular weight is 314 g/mol. The predicted octanol–water partition coefficient (Wildman–Crippen LogP) is 2.91. The molecule has 0 aliphatic rings. The highest BCUT2D eigenvalue weighted by atomic mass is 32.1. The fourth-order valence-corrected chi connectivity index (χ4v) is 3.20. The highest BCUT2D eigenvalue weighted by Crippen LogP contribution is 2.30. The predicted molar refractivity (Wildman–Crippen MR) is 86.3 cm³/mol. The third-order valence-electron chi connectivity index (χ3n) is 3.49. The molecule has 0 atom stereocenters. The Balaban J connectivity index is 2.12. The summed E-state index contributed by atoms with van der Waals surface area (Å²) < 4.78 is 1.36. The molecular weight excluding hydrogens is 300 g/mol. The number of aliphatic carboxylic acids is 1. The Morgan fingerprint density at radius 2 is 2.05 bits per heavy atom.